The van der Waals surface area contributed by atoms with Crippen molar-refractivity contribution in [3.05, 3.63) is 11.3 Å². The molecule has 0 radical (unpaired) electrons. The third-order valence-electron chi connectivity index (χ3n) is 8.50. The van der Waals surface area contributed by atoms with Crippen molar-refractivity contribution in [1.29, 1.82) is 0 Å². The molecule has 2 aliphatic carbocycles. The summed E-state index contributed by atoms with van der Waals surface area (Å²) in [5, 5.41) is 3.50. The summed E-state index contributed by atoms with van der Waals surface area (Å²) < 4.78 is 0. The number of fused-ring (bicyclic) bond motifs is 2. The molecule has 0 amide bonds. The molecule has 0 atom stereocenters. The van der Waals surface area contributed by atoms with E-state index in [2.05, 4.69) is 10.2 Å². The second-order valence-corrected chi connectivity index (χ2v) is 10.3. The van der Waals surface area contributed by atoms with Gasteiger partial charge in [-0.2, -0.15) is 4.98 Å². The number of nitrogen functional groups attached to an aromatic ring is 1. The summed E-state index contributed by atoms with van der Waals surface area (Å²) in [4.78, 5) is 12.2. The Morgan fingerprint density at radius 2 is 1.55 bits per heavy atom. The lowest BCUT2D eigenvalue weighted by atomic mass is 9.71. The maximum atomic E-state index is 6.24. The second-order valence-electron chi connectivity index (χ2n) is 10.3. The van der Waals surface area contributed by atoms with Crippen molar-refractivity contribution in [2.45, 2.75) is 88.9 Å². The Hall–Kier alpha value is -1.36. The lowest BCUT2D eigenvalue weighted by Crippen LogP contribution is -2.38. The number of anilines is 2. The lowest BCUT2D eigenvalue weighted by molar-refractivity contribution is 0.295. The maximum Gasteiger partial charge on any atom is 0.222 e. The number of nitrogens with zero attached hydrogens (tertiary/aromatic N) is 3. The summed E-state index contributed by atoms with van der Waals surface area (Å²) in [6.45, 7) is 4.75. The standard InChI is InChI=1S/C24H39N5/c25-23-27-21-20(4-3-13-24(21)11-1-2-12-24)22(28-23)29-16-9-19(10-17-29)6-5-18-7-14-26-15-8-18/h18-19,26H,1-17H2,(H2,25,27,28). The number of hydrogen-bond donors (Lipinski definition) is 2. The smallest absolute Gasteiger partial charge is 0.222 e. The molecule has 3 N–H and O–H groups in total. The van der Waals surface area contributed by atoms with Crippen LogP contribution >= 0.6 is 0 Å². The van der Waals surface area contributed by atoms with Crippen molar-refractivity contribution in [1.82, 2.24) is 15.3 Å². The highest BCUT2D eigenvalue weighted by atomic mass is 15.2. The van der Waals surface area contributed by atoms with E-state index in [-0.39, 0.29) is 0 Å². The quantitative estimate of drug-likeness (QED) is 0.797. The largest absolute Gasteiger partial charge is 0.368 e. The van der Waals surface area contributed by atoms with Crippen LogP contribution in [0.25, 0.3) is 0 Å². The molecule has 1 spiro atoms. The fraction of sp³-hybridized carbons (Fsp3) is 0.833. The zero-order valence-corrected chi connectivity index (χ0v) is 18.1. The molecule has 5 heteroatoms. The van der Waals surface area contributed by atoms with Crippen molar-refractivity contribution in [3.8, 4) is 0 Å². The van der Waals surface area contributed by atoms with Crippen LogP contribution < -0.4 is 16.0 Å². The third-order valence-corrected chi connectivity index (χ3v) is 8.50. The summed E-state index contributed by atoms with van der Waals surface area (Å²) >= 11 is 0. The number of aromatic nitrogens is 2. The molecule has 5 nitrogen and oxygen atoms in total. The van der Waals surface area contributed by atoms with Crippen LogP contribution in [0.5, 0.6) is 0 Å². The van der Waals surface area contributed by atoms with E-state index in [9.17, 15) is 0 Å². The van der Waals surface area contributed by atoms with Gasteiger partial charge in [0, 0.05) is 24.1 Å². The monoisotopic (exact) mass is 397 g/mol. The van der Waals surface area contributed by atoms with Crippen molar-refractivity contribution < 1.29 is 0 Å². The van der Waals surface area contributed by atoms with E-state index in [1.54, 1.807) is 0 Å². The Bertz CT molecular complexity index is 697. The molecular formula is C24H39N5. The molecule has 1 aromatic rings. The van der Waals surface area contributed by atoms with Gasteiger partial charge in [0.15, 0.2) is 0 Å². The van der Waals surface area contributed by atoms with Gasteiger partial charge in [-0.05, 0) is 82.7 Å². The Labute approximate surface area is 176 Å². The van der Waals surface area contributed by atoms with Gasteiger partial charge in [0.1, 0.15) is 5.82 Å². The fourth-order valence-electron chi connectivity index (χ4n) is 6.76. The highest BCUT2D eigenvalue weighted by Crippen LogP contribution is 2.49. The zero-order valence-electron chi connectivity index (χ0n) is 18.1. The van der Waals surface area contributed by atoms with Crippen molar-refractivity contribution >= 4 is 11.8 Å². The predicted octanol–water partition coefficient (Wildman–Crippen LogP) is 4.20. The van der Waals surface area contributed by atoms with Gasteiger partial charge in [0.25, 0.3) is 0 Å². The zero-order chi connectivity index (χ0) is 19.7. The molecular weight excluding hydrogens is 358 g/mol. The molecule has 1 saturated carbocycles. The number of hydrogen-bond acceptors (Lipinski definition) is 5. The minimum Gasteiger partial charge on any atom is -0.368 e. The van der Waals surface area contributed by atoms with Crippen LogP contribution in [0.2, 0.25) is 0 Å². The minimum absolute atomic E-state index is 0.312. The van der Waals surface area contributed by atoms with Crippen LogP contribution in [-0.2, 0) is 11.8 Å². The third kappa shape index (κ3) is 3.99. The number of rotatable bonds is 4. The van der Waals surface area contributed by atoms with Crippen LogP contribution in [0.15, 0.2) is 0 Å². The highest BCUT2D eigenvalue weighted by molar-refractivity contribution is 5.55. The van der Waals surface area contributed by atoms with Crippen molar-refractivity contribution in [2.75, 3.05) is 36.8 Å². The van der Waals surface area contributed by atoms with Crippen LogP contribution in [0.1, 0.15) is 88.3 Å². The molecule has 0 aromatic carbocycles. The van der Waals surface area contributed by atoms with Gasteiger partial charge in [-0.1, -0.05) is 25.7 Å². The van der Waals surface area contributed by atoms with Crippen molar-refractivity contribution in [3.63, 3.8) is 0 Å². The number of piperidine rings is 2. The fourth-order valence-corrected chi connectivity index (χ4v) is 6.76. The van der Waals surface area contributed by atoms with Gasteiger partial charge in [-0.15, -0.1) is 0 Å². The van der Waals surface area contributed by atoms with Crippen LogP contribution in [0.4, 0.5) is 11.8 Å². The molecule has 160 valence electrons. The van der Waals surface area contributed by atoms with E-state index in [0.29, 0.717) is 11.4 Å². The average molecular weight is 398 g/mol. The summed E-state index contributed by atoms with van der Waals surface area (Å²) in [6.07, 6.45) is 17.3. The Morgan fingerprint density at radius 3 is 2.28 bits per heavy atom. The van der Waals surface area contributed by atoms with E-state index in [0.717, 1.165) is 31.3 Å². The Balaban J connectivity index is 1.26. The summed E-state index contributed by atoms with van der Waals surface area (Å²) in [6, 6.07) is 0. The molecule has 29 heavy (non-hydrogen) atoms. The van der Waals surface area contributed by atoms with E-state index >= 15 is 0 Å². The molecule has 5 rings (SSSR count). The van der Waals surface area contributed by atoms with Crippen LogP contribution in [-0.4, -0.2) is 36.1 Å². The van der Waals surface area contributed by atoms with Crippen molar-refractivity contribution in [2.24, 2.45) is 11.8 Å². The molecule has 2 aliphatic heterocycles. The first-order valence-corrected chi connectivity index (χ1v) is 12.4. The minimum atomic E-state index is 0.312. The summed E-state index contributed by atoms with van der Waals surface area (Å²) in [5.41, 5.74) is 9.33. The molecule has 0 bridgehead atoms. The first-order valence-electron chi connectivity index (χ1n) is 12.4. The van der Waals surface area contributed by atoms with Crippen LogP contribution in [0, 0.1) is 11.8 Å². The normalized spacial score (nSPS) is 25.4. The molecule has 4 aliphatic rings. The van der Waals surface area contributed by atoms with Gasteiger partial charge in [0.05, 0.1) is 5.69 Å². The summed E-state index contributed by atoms with van der Waals surface area (Å²) in [7, 11) is 0. The highest BCUT2D eigenvalue weighted by Gasteiger charge is 2.42. The van der Waals surface area contributed by atoms with Gasteiger partial charge in [0.2, 0.25) is 5.95 Å². The first-order chi connectivity index (χ1) is 14.2. The van der Waals surface area contributed by atoms with E-state index in [1.807, 2.05) is 0 Å². The van der Waals surface area contributed by atoms with E-state index in [4.69, 9.17) is 15.7 Å². The van der Waals surface area contributed by atoms with Gasteiger partial charge >= 0.3 is 0 Å². The SMILES string of the molecule is Nc1nc(N2CCC(CCC3CCNCC3)CC2)c2c(n1)C1(CCCC1)CCC2. The Kier molecular flexibility index (Phi) is 5.68. The second kappa shape index (κ2) is 8.41. The number of nitrogens with one attached hydrogen (secondary N) is 1. The Morgan fingerprint density at radius 1 is 0.897 bits per heavy atom. The molecule has 0 unspecified atom stereocenters. The van der Waals surface area contributed by atoms with E-state index in [1.165, 1.54) is 107 Å². The topological polar surface area (TPSA) is 67.1 Å². The molecule has 3 fully saturated rings. The van der Waals surface area contributed by atoms with Crippen LogP contribution in [0.3, 0.4) is 0 Å². The van der Waals surface area contributed by atoms with E-state index < -0.39 is 0 Å². The van der Waals surface area contributed by atoms with Gasteiger partial charge < -0.3 is 16.0 Å². The maximum absolute atomic E-state index is 6.24. The number of nitrogens with two attached hydrogens (primary N) is 1. The molecule has 2 saturated heterocycles. The lowest BCUT2D eigenvalue weighted by Gasteiger charge is -2.39. The summed E-state index contributed by atoms with van der Waals surface area (Å²) in [5.74, 6) is 3.55. The van der Waals surface area contributed by atoms with Gasteiger partial charge in [-0.25, -0.2) is 4.98 Å². The molecule has 3 heterocycles. The molecule has 1 aromatic heterocycles. The average Bonchev–Trinajstić information content (AvgIpc) is 3.23. The van der Waals surface area contributed by atoms with Gasteiger partial charge in [-0.3, -0.25) is 0 Å². The first kappa shape index (κ1) is 19.6. The predicted molar refractivity (Wildman–Crippen MR) is 119 cm³/mol.